The maximum Gasteiger partial charge on any atom is 0.230 e. The Labute approximate surface area is 106 Å². The number of piperidine rings is 1. The largest absolute Gasteiger partial charge is 0.409 e. The molecule has 0 radical (unpaired) electrons. The molecule has 0 saturated carbocycles. The second-order valence-corrected chi connectivity index (χ2v) is 4.53. The average molecular weight is 256 g/mol. The fraction of sp³-hybridized carbons (Fsp3) is 0.727. The quantitative estimate of drug-likeness (QED) is 0.272. The van der Waals surface area contributed by atoms with E-state index in [0.29, 0.717) is 25.6 Å². The molecule has 0 bridgehead atoms. The summed E-state index contributed by atoms with van der Waals surface area (Å²) < 4.78 is 0. The van der Waals surface area contributed by atoms with Crippen LogP contribution in [0.2, 0.25) is 0 Å². The number of amides is 2. The Morgan fingerprint density at radius 3 is 2.56 bits per heavy atom. The van der Waals surface area contributed by atoms with E-state index in [0.717, 1.165) is 12.8 Å². The molecule has 0 aliphatic carbocycles. The van der Waals surface area contributed by atoms with Crippen LogP contribution in [-0.4, -0.2) is 47.4 Å². The van der Waals surface area contributed by atoms with Gasteiger partial charge >= 0.3 is 0 Å². The number of nitrogens with one attached hydrogen (secondary N) is 1. The summed E-state index contributed by atoms with van der Waals surface area (Å²) in [5.74, 6) is 0.200. The van der Waals surface area contributed by atoms with Crippen LogP contribution >= 0.6 is 0 Å². The van der Waals surface area contributed by atoms with E-state index < -0.39 is 0 Å². The minimum absolute atomic E-state index is 0.0274. The summed E-state index contributed by atoms with van der Waals surface area (Å²) in [6, 6.07) is 0. The summed E-state index contributed by atoms with van der Waals surface area (Å²) in [6.07, 6.45) is 1.68. The molecular weight excluding hydrogens is 236 g/mol. The van der Waals surface area contributed by atoms with Crippen LogP contribution in [0.15, 0.2) is 5.16 Å². The van der Waals surface area contributed by atoms with Crippen molar-refractivity contribution in [2.24, 2.45) is 16.8 Å². The van der Waals surface area contributed by atoms with Crippen molar-refractivity contribution in [1.82, 2.24) is 10.2 Å². The third-order valence-electron chi connectivity index (χ3n) is 3.07. The molecule has 102 valence electrons. The lowest BCUT2D eigenvalue weighted by Crippen LogP contribution is -2.42. The molecule has 0 aromatic heterocycles. The number of likely N-dealkylation sites (tertiary alicyclic amines) is 1. The Bertz CT molecular complexity index is 335. The number of amidine groups is 1. The van der Waals surface area contributed by atoms with Gasteiger partial charge in [-0.15, -0.1) is 0 Å². The number of carbonyl (C=O) groups excluding carboxylic acids is 2. The molecule has 1 aliphatic rings. The first-order valence-corrected chi connectivity index (χ1v) is 6.01. The van der Waals surface area contributed by atoms with E-state index in [2.05, 4.69) is 10.5 Å². The highest BCUT2D eigenvalue weighted by Crippen LogP contribution is 2.16. The first kappa shape index (κ1) is 14.3. The summed E-state index contributed by atoms with van der Waals surface area (Å²) in [5.41, 5.74) is 5.29. The van der Waals surface area contributed by atoms with Gasteiger partial charge in [-0.3, -0.25) is 9.59 Å². The highest BCUT2D eigenvalue weighted by atomic mass is 16.4. The molecule has 0 spiro atoms. The minimum Gasteiger partial charge on any atom is -0.409 e. The van der Waals surface area contributed by atoms with Crippen molar-refractivity contribution in [3.05, 3.63) is 0 Å². The van der Waals surface area contributed by atoms with E-state index in [1.165, 1.54) is 6.92 Å². The van der Waals surface area contributed by atoms with Gasteiger partial charge < -0.3 is 21.2 Å². The lowest BCUT2D eigenvalue weighted by molar-refractivity contribution is -0.131. The van der Waals surface area contributed by atoms with Crippen LogP contribution in [0.4, 0.5) is 0 Å². The van der Waals surface area contributed by atoms with Crippen LogP contribution in [0, 0.1) is 5.92 Å². The summed E-state index contributed by atoms with van der Waals surface area (Å²) in [5, 5.41) is 14.0. The number of nitrogens with two attached hydrogens (primary N) is 1. The van der Waals surface area contributed by atoms with Crippen molar-refractivity contribution >= 4 is 17.6 Å². The molecule has 1 saturated heterocycles. The molecule has 0 unspecified atom stereocenters. The van der Waals surface area contributed by atoms with E-state index in [-0.39, 0.29) is 24.1 Å². The van der Waals surface area contributed by atoms with Gasteiger partial charge in [0.15, 0.2) is 0 Å². The Balaban J connectivity index is 2.30. The van der Waals surface area contributed by atoms with Crippen molar-refractivity contribution in [2.45, 2.75) is 26.2 Å². The molecule has 0 aromatic carbocycles. The van der Waals surface area contributed by atoms with Crippen molar-refractivity contribution in [1.29, 1.82) is 0 Å². The van der Waals surface area contributed by atoms with Gasteiger partial charge in [0.25, 0.3) is 0 Å². The first-order chi connectivity index (χ1) is 8.52. The number of hydrogen-bond acceptors (Lipinski definition) is 4. The predicted octanol–water partition coefficient (Wildman–Crippen LogP) is -0.502. The Morgan fingerprint density at radius 2 is 2.06 bits per heavy atom. The maximum atomic E-state index is 11.7. The monoisotopic (exact) mass is 256 g/mol. The zero-order valence-electron chi connectivity index (χ0n) is 10.6. The number of nitrogens with zero attached hydrogens (tertiary/aromatic N) is 2. The molecule has 2 amide bonds. The minimum atomic E-state index is -0.122. The Morgan fingerprint density at radius 1 is 1.44 bits per heavy atom. The fourth-order valence-electron chi connectivity index (χ4n) is 1.98. The zero-order valence-corrected chi connectivity index (χ0v) is 10.6. The average Bonchev–Trinajstić information content (AvgIpc) is 2.36. The second-order valence-electron chi connectivity index (χ2n) is 4.53. The number of hydrogen-bond donors (Lipinski definition) is 3. The molecule has 7 heteroatoms. The molecule has 0 aromatic rings. The maximum absolute atomic E-state index is 11.7. The van der Waals surface area contributed by atoms with E-state index in [1.54, 1.807) is 4.90 Å². The van der Waals surface area contributed by atoms with Crippen molar-refractivity contribution in [3.63, 3.8) is 0 Å². The lowest BCUT2D eigenvalue weighted by atomic mass is 9.96. The fourth-order valence-corrected chi connectivity index (χ4v) is 1.98. The van der Waals surface area contributed by atoms with Gasteiger partial charge in [0.1, 0.15) is 5.84 Å². The standard InChI is InChI=1S/C11H20N4O3/c1-8(16)13-7-9-2-4-15(5-3-9)11(17)6-10(12)14-18/h9,18H,2-7H2,1H3,(H2,12,14)(H,13,16). The predicted molar refractivity (Wildman–Crippen MR) is 66.0 cm³/mol. The van der Waals surface area contributed by atoms with E-state index >= 15 is 0 Å². The molecule has 1 fully saturated rings. The SMILES string of the molecule is CC(=O)NCC1CCN(C(=O)CC(N)=NO)CC1. The Kier molecular flexibility index (Phi) is 5.41. The van der Waals surface area contributed by atoms with Gasteiger partial charge in [-0.2, -0.15) is 0 Å². The molecule has 18 heavy (non-hydrogen) atoms. The van der Waals surface area contributed by atoms with Crippen molar-refractivity contribution in [3.8, 4) is 0 Å². The third-order valence-corrected chi connectivity index (χ3v) is 3.07. The molecule has 4 N–H and O–H groups in total. The van der Waals surface area contributed by atoms with Gasteiger partial charge in [0, 0.05) is 26.6 Å². The van der Waals surface area contributed by atoms with Crippen LogP contribution in [0.25, 0.3) is 0 Å². The normalized spacial score (nSPS) is 17.6. The van der Waals surface area contributed by atoms with Crippen molar-refractivity contribution in [2.75, 3.05) is 19.6 Å². The van der Waals surface area contributed by atoms with Crippen LogP contribution < -0.4 is 11.1 Å². The highest BCUT2D eigenvalue weighted by Gasteiger charge is 2.23. The number of oxime groups is 1. The second kappa shape index (κ2) is 6.83. The summed E-state index contributed by atoms with van der Waals surface area (Å²) in [6.45, 7) is 3.47. The molecule has 1 aliphatic heterocycles. The third kappa shape index (κ3) is 4.60. The molecule has 7 nitrogen and oxygen atoms in total. The smallest absolute Gasteiger partial charge is 0.230 e. The van der Waals surface area contributed by atoms with Crippen LogP contribution in [0.5, 0.6) is 0 Å². The van der Waals surface area contributed by atoms with Crippen LogP contribution in [0.1, 0.15) is 26.2 Å². The lowest BCUT2D eigenvalue weighted by Gasteiger charge is -2.32. The number of carbonyl (C=O) groups is 2. The van der Waals surface area contributed by atoms with E-state index in [4.69, 9.17) is 10.9 Å². The summed E-state index contributed by atoms with van der Waals surface area (Å²) in [7, 11) is 0. The van der Waals surface area contributed by atoms with Gasteiger partial charge in [-0.05, 0) is 18.8 Å². The first-order valence-electron chi connectivity index (χ1n) is 6.01. The van der Waals surface area contributed by atoms with Crippen LogP contribution in [0.3, 0.4) is 0 Å². The summed E-state index contributed by atoms with van der Waals surface area (Å²) >= 11 is 0. The molecule has 0 atom stereocenters. The topological polar surface area (TPSA) is 108 Å². The molecular formula is C11H20N4O3. The molecule has 1 heterocycles. The van der Waals surface area contributed by atoms with Crippen molar-refractivity contribution < 1.29 is 14.8 Å². The van der Waals surface area contributed by atoms with E-state index in [1.807, 2.05) is 0 Å². The molecule has 1 rings (SSSR count). The number of rotatable bonds is 4. The highest BCUT2D eigenvalue weighted by molar-refractivity contribution is 5.98. The van der Waals surface area contributed by atoms with Crippen LogP contribution in [-0.2, 0) is 9.59 Å². The van der Waals surface area contributed by atoms with Gasteiger partial charge in [-0.25, -0.2) is 0 Å². The zero-order chi connectivity index (χ0) is 13.5. The van der Waals surface area contributed by atoms with E-state index in [9.17, 15) is 9.59 Å². The Hall–Kier alpha value is -1.79. The van der Waals surface area contributed by atoms with Gasteiger partial charge in [-0.1, -0.05) is 5.16 Å². The summed E-state index contributed by atoms with van der Waals surface area (Å²) in [4.78, 5) is 24.2. The van der Waals surface area contributed by atoms with Gasteiger partial charge in [0.2, 0.25) is 11.8 Å². The van der Waals surface area contributed by atoms with Gasteiger partial charge in [0.05, 0.1) is 6.42 Å².